The zero-order chi connectivity index (χ0) is 18.0. The van der Waals surface area contributed by atoms with E-state index in [2.05, 4.69) is 20.5 Å². The van der Waals surface area contributed by atoms with Crippen molar-refractivity contribution in [1.29, 1.82) is 0 Å². The van der Waals surface area contributed by atoms with Crippen LogP contribution in [-0.4, -0.2) is 51.6 Å². The molecule has 132 valence electrons. The Kier molecular flexibility index (Phi) is 4.69. The summed E-state index contributed by atoms with van der Waals surface area (Å²) < 4.78 is 5.30. The maximum atomic E-state index is 12.4. The number of likely N-dealkylation sites (tertiary alicyclic amines) is 1. The lowest BCUT2D eigenvalue weighted by Crippen LogP contribution is -2.33. The molecule has 0 radical (unpaired) electrons. The number of H-pyrrole nitrogens is 1. The Bertz CT molecular complexity index is 786. The van der Waals surface area contributed by atoms with Gasteiger partial charge >= 0.3 is 0 Å². The summed E-state index contributed by atoms with van der Waals surface area (Å²) >= 11 is 0. The Morgan fingerprint density at radius 3 is 2.84 bits per heavy atom. The summed E-state index contributed by atoms with van der Waals surface area (Å²) in [5.74, 6) is 0.705. The summed E-state index contributed by atoms with van der Waals surface area (Å²) in [6.45, 7) is 4.30. The van der Waals surface area contributed by atoms with E-state index in [9.17, 15) is 9.59 Å². The van der Waals surface area contributed by atoms with E-state index in [0.29, 0.717) is 18.1 Å². The van der Waals surface area contributed by atoms with E-state index in [-0.39, 0.29) is 36.1 Å². The summed E-state index contributed by atoms with van der Waals surface area (Å²) in [4.78, 5) is 30.3. The van der Waals surface area contributed by atoms with Crippen molar-refractivity contribution in [3.63, 3.8) is 0 Å². The molecule has 1 saturated heterocycles. The van der Waals surface area contributed by atoms with Gasteiger partial charge in [0.15, 0.2) is 5.82 Å². The fourth-order valence-electron chi connectivity index (χ4n) is 2.90. The zero-order valence-electron chi connectivity index (χ0n) is 14.4. The number of aromatic amines is 1. The van der Waals surface area contributed by atoms with Crippen molar-refractivity contribution in [2.45, 2.75) is 26.3 Å². The highest BCUT2D eigenvalue weighted by molar-refractivity contribution is 5.96. The summed E-state index contributed by atoms with van der Waals surface area (Å²) in [5.41, 5.74) is 0.750. The second kappa shape index (κ2) is 6.92. The third-order valence-electron chi connectivity index (χ3n) is 4.24. The van der Waals surface area contributed by atoms with Gasteiger partial charge in [-0.3, -0.25) is 20.0 Å². The number of para-hydroxylation sites is 1. The van der Waals surface area contributed by atoms with Crippen LogP contribution >= 0.6 is 0 Å². The number of carbonyl (C=O) groups excluding carboxylic acids is 2. The van der Waals surface area contributed by atoms with Crippen LogP contribution in [0.25, 0.3) is 11.4 Å². The predicted octanol–water partition coefficient (Wildman–Crippen LogP) is 1.68. The number of aromatic nitrogens is 3. The summed E-state index contributed by atoms with van der Waals surface area (Å²) in [7, 11) is 1.58. The molecule has 1 aromatic heterocycles. The van der Waals surface area contributed by atoms with Crippen LogP contribution in [0.4, 0.5) is 5.95 Å². The van der Waals surface area contributed by atoms with Gasteiger partial charge in [-0.2, -0.15) is 4.98 Å². The molecule has 2 amide bonds. The normalized spacial score (nSPS) is 17.2. The number of amides is 2. The van der Waals surface area contributed by atoms with Crippen molar-refractivity contribution in [2.75, 3.05) is 19.0 Å². The van der Waals surface area contributed by atoms with E-state index in [1.165, 1.54) is 0 Å². The van der Waals surface area contributed by atoms with Crippen molar-refractivity contribution in [2.24, 2.45) is 5.92 Å². The van der Waals surface area contributed by atoms with Gasteiger partial charge < -0.3 is 9.64 Å². The van der Waals surface area contributed by atoms with E-state index >= 15 is 0 Å². The van der Waals surface area contributed by atoms with Gasteiger partial charge in [0, 0.05) is 19.0 Å². The molecule has 2 aromatic rings. The smallest absolute Gasteiger partial charge is 0.249 e. The van der Waals surface area contributed by atoms with Crippen LogP contribution < -0.4 is 10.1 Å². The van der Waals surface area contributed by atoms with Gasteiger partial charge in [-0.05, 0) is 26.0 Å². The average molecular weight is 343 g/mol. The average Bonchev–Trinajstić information content (AvgIpc) is 3.21. The molecule has 0 aliphatic carbocycles. The SMILES string of the molecule is COc1ccccc1-c1nc(NC(=O)[C@H]2CC(=O)N(C(C)C)C2)n[nH]1. The first-order valence-electron chi connectivity index (χ1n) is 8.15. The lowest BCUT2D eigenvalue weighted by Gasteiger charge is -2.20. The summed E-state index contributed by atoms with van der Waals surface area (Å²) in [6.07, 6.45) is 0.216. The number of hydrogen-bond donors (Lipinski definition) is 2. The van der Waals surface area contributed by atoms with Gasteiger partial charge in [0.2, 0.25) is 17.8 Å². The molecule has 0 bridgehead atoms. The summed E-state index contributed by atoms with van der Waals surface area (Å²) in [6, 6.07) is 7.48. The molecule has 0 saturated carbocycles. The van der Waals surface area contributed by atoms with Crippen LogP contribution in [-0.2, 0) is 9.59 Å². The van der Waals surface area contributed by atoms with Crippen molar-refractivity contribution in [3.8, 4) is 17.1 Å². The third-order valence-corrected chi connectivity index (χ3v) is 4.24. The van der Waals surface area contributed by atoms with Gasteiger partial charge in [0.1, 0.15) is 5.75 Å². The van der Waals surface area contributed by atoms with Crippen LogP contribution in [0, 0.1) is 5.92 Å². The number of nitrogens with zero attached hydrogens (tertiary/aromatic N) is 3. The molecule has 25 heavy (non-hydrogen) atoms. The first-order valence-corrected chi connectivity index (χ1v) is 8.15. The van der Waals surface area contributed by atoms with Gasteiger partial charge in [-0.25, -0.2) is 0 Å². The first kappa shape index (κ1) is 16.9. The topological polar surface area (TPSA) is 100 Å². The van der Waals surface area contributed by atoms with E-state index in [0.717, 1.165) is 5.56 Å². The Labute approximate surface area is 145 Å². The highest BCUT2D eigenvalue weighted by Crippen LogP contribution is 2.27. The maximum absolute atomic E-state index is 12.4. The number of nitrogens with one attached hydrogen (secondary N) is 2. The van der Waals surface area contributed by atoms with Gasteiger partial charge in [0.25, 0.3) is 0 Å². The predicted molar refractivity (Wildman–Crippen MR) is 92.0 cm³/mol. The molecule has 2 N–H and O–H groups in total. The fourth-order valence-corrected chi connectivity index (χ4v) is 2.90. The minimum Gasteiger partial charge on any atom is -0.496 e. The van der Waals surface area contributed by atoms with Gasteiger partial charge in [-0.1, -0.05) is 12.1 Å². The minimum atomic E-state index is -0.386. The largest absolute Gasteiger partial charge is 0.496 e. The number of rotatable bonds is 5. The molecule has 8 heteroatoms. The minimum absolute atomic E-state index is 0.000141. The number of hydrogen-bond acceptors (Lipinski definition) is 5. The number of ether oxygens (including phenoxy) is 1. The molecule has 2 heterocycles. The molecule has 1 atom stereocenters. The summed E-state index contributed by atoms with van der Waals surface area (Å²) in [5, 5.41) is 9.51. The van der Waals surface area contributed by atoms with Crippen LogP contribution in [0.5, 0.6) is 5.75 Å². The van der Waals surface area contributed by atoms with Crippen LogP contribution in [0.3, 0.4) is 0 Å². The number of anilines is 1. The van der Waals surface area contributed by atoms with E-state index in [1.54, 1.807) is 12.0 Å². The Morgan fingerprint density at radius 1 is 1.40 bits per heavy atom. The molecule has 1 fully saturated rings. The van der Waals surface area contributed by atoms with Gasteiger partial charge in [0.05, 0.1) is 18.6 Å². The molecular weight excluding hydrogens is 322 g/mol. The zero-order valence-corrected chi connectivity index (χ0v) is 14.4. The van der Waals surface area contributed by atoms with E-state index < -0.39 is 0 Å². The Morgan fingerprint density at radius 2 is 2.16 bits per heavy atom. The highest BCUT2D eigenvalue weighted by atomic mass is 16.5. The standard InChI is InChI=1S/C17H21N5O3/c1-10(2)22-9-11(8-14(22)23)16(24)19-17-18-15(20-21-17)12-6-4-5-7-13(12)25-3/h4-7,10-11H,8-9H2,1-3H3,(H2,18,19,20,21,24)/t11-/m0/s1. The molecule has 1 aromatic carbocycles. The first-order chi connectivity index (χ1) is 12.0. The Hall–Kier alpha value is -2.90. The fraction of sp³-hybridized carbons (Fsp3) is 0.412. The van der Waals surface area contributed by atoms with E-state index in [4.69, 9.17) is 4.74 Å². The van der Waals surface area contributed by atoms with E-state index in [1.807, 2.05) is 38.1 Å². The molecule has 1 aliphatic heterocycles. The third kappa shape index (κ3) is 3.47. The second-order valence-electron chi connectivity index (χ2n) is 6.24. The van der Waals surface area contributed by atoms with Crippen molar-refractivity contribution in [1.82, 2.24) is 20.1 Å². The van der Waals surface area contributed by atoms with Crippen molar-refractivity contribution in [3.05, 3.63) is 24.3 Å². The lowest BCUT2D eigenvalue weighted by atomic mass is 10.1. The number of benzene rings is 1. The molecule has 0 spiro atoms. The second-order valence-corrected chi connectivity index (χ2v) is 6.24. The molecule has 8 nitrogen and oxygen atoms in total. The molecule has 0 unspecified atom stereocenters. The van der Waals surface area contributed by atoms with Crippen molar-refractivity contribution >= 4 is 17.8 Å². The van der Waals surface area contributed by atoms with Crippen molar-refractivity contribution < 1.29 is 14.3 Å². The van der Waals surface area contributed by atoms with Crippen LogP contribution in [0.15, 0.2) is 24.3 Å². The monoisotopic (exact) mass is 343 g/mol. The van der Waals surface area contributed by atoms with Crippen LogP contribution in [0.2, 0.25) is 0 Å². The quantitative estimate of drug-likeness (QED) is 0.860. The van der Waals surface area contributed by atoms with Gasteiger partial charge in [-0.15, -0.1) is 5.10 Å². The maximum Gasteiger partial charge on any atom is 0.249 e. The molecular formula is C17H21N5O3. The Balaban J connectivity index is 1.70. The number of methoxy groups -OCH3 is 1. The lowest BCUT2D eigenvalue weighted by molar-refractivity contribution is -0.129. The number of carbonyl (C=O) groups is 2. The molecule has 3 rings (SSSR count). The highest BCUT2D eigenvalue weighted by Gasteiger charge is 2.35. The molecule has 1 aliphatic rings. The van der Waals surface area contributed by atoms with Crippen LogP contribution in [0.1, 0.15) is 20.3 Å².